The van der Waals surface area contributed by atoms with Crippen molar-refractivity contribution in [3.63, 3.8) is 0 Å². The van der Waals surface area contributed by atoms with E-state index in [2.05, 4.69) is 25.6 Å². The molecule has 0 aliphatic carbocycles. The van der Waals surface area contributed by atoms with Crippen molar-refractivity contribution < 1.29 is 9.18 Å². The average molecular weight is 416 g/mol. The molecule has 1 aromatic heterocycles. The van der Waals surface area contributed by atoms with Crippen molar-refractivity contribution in [3.8, 4) is 5.69 Å². The molecule has 1 saturated heterocycles. The fourth-order valence-corrected chi connectivity index (χ4v) is 3.48. The third-order valence-corrected chi connectivity index (χ3v) is 5.03. The first-order valence-electron chi connectivity index (χ1n) is 10.4. The largest absolute Gasteiger partial charge is 0.369 e. The second-order valence-corrected chi connectivity index (χ2v) is 7.40. The molecule has 0 saturated carbocycles. The maximum Gasteiger partial charge on any atom is 0.231 e. The Hall–Kier alpha value is -2.94. The molecule has 1 aliphatic rings. The summed E-state index contributed by atoms with van der Waals surface area (Å²) >= 11 is 0. The Morgan fingerprint density at radius 2 is 2.00 bits per heavy atom. The normalized spacial score (nSPS) is 15.9. The minimum absolute atomic E-state index is 0.262. The first-order chi connectivity index (χ1) is 14.5. The van der Waals surface area contributed by atoms with Crippen LogP contribution >= 0.6 is 0 Å². The number of nitrogens with zero attached hydrogens (tertiary/aromatic N) is 4. The second kappa shape index (κ2) is 10.7. The zero-order valence-corrected chi connectivity index (χ0v) is 17.4. The Morgan fingerprint density at radius 1 is 1.27 bits per heavy atom. The Bertz CT molecular complexity index is 841. The number of hydrogen-bond donors (Lipinski definition) is 3. The van der Waals surface area contributed by atoms with Crippen LogP contribution in [0.15, 0.2) is 41.5 Å². The molecule has 1 aromatic carbocycles. The molecule has 0 radical (unpaired) electrons. The summed E-state index contributed by atoms with van der Waals surface area (Å²) in [7, 11) is 0. The highest BCUT2D eigenvalue weighted by Crippen LogP contribution is 2.11. The van der Waals surface area contributed by atoms with Crippen molar-refractivity contribution in [2.24, 2.45) is 10.7 Å². The summed E-state index contributed by atoms with van der Waals surface area (Å²) in [4.78, 5) is 17.8. The molecule has 8 nitrogen and oxygen atoms in total. The molecule has 1 aliphatic heterocycles. The van der Waals surface area contributed by atoms with E-state index in [9.17, 15) is 9.18 Å². The van der Waals surface area contributed by atoms with Gasteiger partial charge in [-0.05, 0) is 50.1 Å². The average Bonchev–Trinajstić information content (AvgIpc) is 3.18. The number of nitrogens with two attached hydrogens (primary N) is 1. The second-order valence-electron chi connectivity index (χ2n) is 7.40. The predicted octanol–water partition coefficient (Wildman–Crippen LogP) is 1.06. The van der Waals surface area contributed by atoms with Crippen molar-refractivity contribution in [1.82, 2.24) is 25.3 Å². The lowest BCUT2D eigenvalue weighted by Crippen LogP contribution is -2.49. The highest BCUT2D eigenvalue weighted by molar-refractivity contribution is 5.80. The molecular weight excluding hydrogens is 385 g/mol. The van der Waals surface area contributed by atoms with Gasteiger partial charge in [0.15, 0.2) is 5.96 Å². The van der Waals surface area contributed by atoms with E-state index in [0.29, 0.717) is 25.6 Å². The lowest BCUT2D eigenvalue weighted by molar-refractivity contribution is -0.119. The minimum atomic E-state index is -0.279. The SMILES string of the molecule is CCNC(=NCCc1ccn(-c2ccc(F)cc2)n1)NC1CCN(CC(N)=O)CC1. The number of amides is 1. The van der Waals surface area contributed by atoms with Gasteiger partial charge in [0.25, 0.3) is 0 Å². The number of benzene rings is 1. The van der Waals surface area contributed by atoms with E-state index in [1.165, 1.54) is 12.1 Å². The van der Waals surface area contributed by atoms with E-state index < -0.39 is 0 Å². The summed E-state index contributed by atoms with van der Waals surface area (Å²) in [5.41, 5.74) is 7.03. The third kappa shape index (κ3) is 6.55. The van der Waals surface area contributed by atoms with Crippen molar-refractivity contribution in [2.45, 2.75) is 32.2 Å². The molecule has 0 spiro atoms. The number of primary amides is 1. The number of aliphatic imine (C=N–C) groups is 1. The molecule has 9 heteroatoms. The molecule has 3 rings (SSSR count). The molecule has 4 N–H and O–H groups in total. The Morgan fingerprint density at radius 3 is 2.67 bits per heavy atom. The predicted molar refractivity (Wildman–Crippen MR) is 115 cm³/mol. The standard InChI is InChI=1S/C21H30FN7O/c1-2-24-21(26-17-8-12-28(13-9-17)15-20(23)30)25-11-7-18-10-14-29(27-18)19-5-3-16(22)4-6-19/h3-6,10,14,17H,2,7-9,11-13,15H2,1H3,(H2,23,30)(H2,24,25,26). The number of guanidine groups is 1. The van der Waals surface area contributed by atoms with Gasteiger partial charge in [-0.3, -0.25) is 14.7 Å². The van der Waals surface area contributed by atoms with Crippen LogP contribution in [0.5, 0.6) is 0 Å². The summed E-state index contributed by atoms with van der Waals surface area (Å²) in [6.07, 6.45) is 4.47. The summed E-state index contributed by atoms with van der Waals surface area (Å²) in [6, 6.07) is 8.53. The maximum absolute atomic E-state index is 13.1. The van der Waals surface area contributed by atoms with Crippen LogP contribution in [0.25, 0.3) is 5.69 Å². The monoisotopic (exact) mass is 415 g/mol. The Balaban J connectivity index is 1.49. The third-order valence-electron chi connectivity index (χ3n) is 5.03. The zero-order valence-electron chi connectivity index (χ0n) is 17.4. The van der Waals surface area contributed by atoms with Gasteiger partial charge in [0.1, 0.15) is 5.82 Å². The highest BCUT2D eigenvalue weighted by Gasteiger charge is 2.20. The van der Waals surface area contributed by atoms with Crippen LogP contribution in [0.3, 0.4) is 0 Å². The fraction of sp³-hybridized carbons (Fsp3) is 0.476. The number of piperidine rings is 1. The first-order valence-corrected chi connectivity index (χ1v) is 10.4. The van der Waals surface area contributed by atoms with Gasteiger partial charge in [-0.1, -0.05) is 0 Å². The molecule has 2 heterocycles. The number of rotatable bonds is 8. The Kier molecular flexibility index (Phi) is 7.78. The molecule has 0 bridgehead atoms. The van der Waals surface area contributed by atoms with Gasteiger partial charge in [0, 0.05) is 44.8 Å². The van der Waals surface area contributed by atoms with E-state index in [0.717, 1.165) is 49.8 Å². The van der Waals surface area contributed by atoms with Crippen LogP contribution in [-0.2, 0) is 11.2 Å². The van der Waals surface area contributed by atoms with E-state index in [-0.39, 0.29) is 11.7 Å². The quantitative estimate of drug-likeness (QED) is 0.442. The van der Waals surface area contributed by atoms with E-state index in [1.54, 1.807) is 16.8 Å². The lowest BCUT2D eigenvalue weighted by Gasteiger charge is -2.32. The summed E-state index contributed by atoms with van der Waals surface area (Å²) in [5, 5.41) is 11.3. The maximum atomic E-state index is 13.1. The van der Waals surface area contributed by atoms with Crippen molar-refractivity contribution >= 4 is 11.9 Å². The van der Waals surface area contributed by atoms with E-state index in [4.69, 9.17) is 5.73 Å². The number of carbonyl (C=O) groups is 1. The fourth-order valence-electron chi connectivity index (χ4n) is 3.48. The number of likely N-dealkylation sites (tertiary alicyclic amines) is 1. The topological polar surface area (TPSA) is 101 Å². The summed E-state index contributed by atoms with van der Waals surface area (Å²) < 4.78 is 14.8. The van der Waals surface area contributed by atoms with E-state index >= 15 is 0 Å². The molecule has 2 aromatic rings. The summed E-state index contributed by atoms with van der Waals surface area (Å²) in [5.74, 6) is 0.254. The number of halogens is 1. The van der Waals surface area contributed by atoms with Crippen molar-refractivity contribution in [1.29, 1.82) is 0 Å². The van der Waals surface area contributed by atoms with Crippen LogP contribution < -0.4 is 16.4 Å². The van der Waals surface area contributed by atoms with Gasteiger partial charge in [-0.15, -0.1) is 0 Å². The number of hydrogen-bond acceptors (Lipinski definition) is 4. The van der Waals surface area contributed by atoms with Crippen LogP contribution in [0, 0.1) is 5.82 Å². The lowest BCUT2D eigenvalue weighted by atomic mass is 10.1. The van der Waals surface area contributed by atoms with Crippen LogP contribution in [0.1, 0.15) is 25.5 Å². The van der Waals surface area contributed by atoms with Crippen LogP contribution in [0.2, 0.25) is 0 Å². The van der Waals surface area contributed by atoms with Crippen LogP contribution in [-0.4, -0.2) is 65.3 Å². The van der Waals surface area contributed by atoms with Crippen molar-refractivity contribution in [3.05, 3.63) is 48.0 Å². The first kappa shape index (κ1) is 21.8. The van der Waals surface area contributed by atoms with E-state index in [1.807, 2.05) is 19.2 Å². The highest BCUT2D eigenvalue weighted by atomic mass is 19.1. The molecule has 0 unspecified atom stereocenters. The number of carbonyl (C=O) groups excluding carboxylic acids is 1. The number of aromatic nitrogens is 2. The van der Waals surface area contributed by atoms with Gasteiger partial charge in [0.2, 0.25) is 5.91 Å². The van der Waals surface area contributed by atoms with Crippen LogP contribution in [0.4, 0.5) is 4.39 Å². The van der Waals surface area contributed by atoms with Gasteiger partial charge >= 0.3 is 0 Å². The molecule has 1 fully saturated rings. The minimum Gasteiger partial charge on any atom is -0.369 e. The van der Waals surface area contributed by atoms with Gasteiger partial charge in [-0.25, -0.2) is 9.07 Å². The van der Waals surface area contributed by atoms with Gasteiger partial charge in [-0.2, -0.15) is 5.10 Å². The number of nitrogens with one attached hydrogen (secondary N) is 2. The smallest absolute Gasteiger partial charge is 0.231 e. The zero-order chi connectivity index (χ0) is 21.3. The molecule has 0 atom stereocenters. The molecular formula is C21H30FN7O. The molecule has 30 heavy (non-hydrogen) atoms. The van der Waals surface area contributed by atoms with Gasteiger partial charge < -0.3 is 16.4 Å². The Labute approximate surface area is 176 Å². The molecule has 1 amide bonds. The molecule has 162 valence electrons. The van der Waals surface area contributed by atoms with Gasteiger partial charge in [0.05, 0.1) is 17.9 Å². The summed E-state index contributed by atoms with van der Waals surface area (Å²) in [6.45, 7) is 5.45. The van der Waals surface area contributed by atoms with Crippen molar-refractivity contribution in [2.75, 3.05) is 32.7 Å².